The van der Waals surface area contributed by atoms with Gasteiger partial charge in [-0.05, 0) is 34.4 Å². The van der Waals surface area contributed by atoms with Crippen molar-refractivity contribution in [1.29, 1.82) is 0 Å². The zero-order valence-electron chi connectivity index (χ0n) is 16.8. The number of halogens is 3. The van der Waals surface area contributed by atoms with E-state index in [1.807, 2.05) is 48.5 Å². The number of rotatable bonds is 6. The van der Waals surface area contributed by atoms with E-state index in [0.717, 1.165) is 28.3 Å². The summed E-state index contributed by atoms with van der Waals surface area (Å²) in [5.74, 6) is -0.915. The molecular weight excluding hydrogens is 456 g/mol. The molecule has 0 saturated heterocycles. The molecule has 3 N–H and O–H groups in total. The molecule has 3 aromatic rings. The highest BCUT2D eigenvalue weighted by Gasteiger charge is 2.29. The Labute approximate surface area is 194 Å². The molecule has 0 heterocycles. The van der Waals surface area contributed by atoms with Gasteiger partial charge < -0.3 is 20.3 Å². The van der Waals surface area contributed by atoms with Gasteiger partial charge >= 0.3 is 6.09 Å². The fourth-order valence-electron chi connectivity index (χ4n) is 3.95. The second-order valence-electron chi connectivity index (χ2n) is 7.51. The molecule has 0 fully saturated rings. The molecule has 0 aromatic heterocycles. The summed E-state index contributed by atoms with van der Waals surface area (Å²) in [7, 11) is 0. The first-order valence-electron chi connectivity index (χ1n) is 9.96. The minimum Gasteiger partial charge on any atom is -0.449 e. The quantitative estimate of drug-likeness (QED) is 0.435. The Balaban J connectivity index is 1.36. The van der Waals surface area contributed by atoms with Gasteiger partial charge in [0.05, 0.1) is 5.02 Å². The van der Waals surface area contributed by atoms with Crippen LogP contribution < -0.4 is 5.32 Å². The minimum absolute atomic E-state index is 0.0256. The van der Waals surface area contributed by atoms with Crippen LogP contribution in [0.3, 0.4) is 0 Å². The Hall–Kier alpha value is -2.64. The molecule has 1 aliphatic rings. The molecule has 5 nitrogen and oxygen atoms in total. The van der Waals surface area contributed by atoms with Gasteiger partial charge in [-0.25, -0.2) is 9.18 Å². The van der Waals surface area contributed by atoms with Gasteiger partial charge in [0.2, 0.25) is 0 Å². The van der Waals surface area contributed by atoms with Crippen LogP contribution in [0.1, 0.15) is 28.7 Å². The first kappa shape index (κ1) is 22.6. The fourth-order valence-corrected chi connectivity index (χ4v) is 4.38. The molecule has 0 saturated carbocycles. The summed E-state index contributed by atoms with van der Waals surface area (Å²) in [6, 6.07) is 18.2. The van der Waals surface area contributed by atoms with E-state index in [1.165, 1.54) is 6.07 Å². The normalized spacial score (nSPS) is 14.4. The van der Waals surface area contributed by atoms with Crippen LogP contribution in [0, 0.1) is 5.82 Å². The Morgan fingerprint density at radius 2 is 1.62 bits per heavy atom. The zero-order chi connectivity index (χ0) is 22.8. The lowest BCUT2D eigenvalue weighted by atomic mass is 9.98. The zero-order valence-corrected chi connectivity index (χ0v) is 18.3. The van der Waals surface area contributed by atoms with Gasteiger partial charge in [0.25, 0.3) is 0 Å². The van der Waals surface area contributed by atoms with E-state index in [4.69, 9.17) is 27.9 Å². The lowest BCUT2D eigenvalue weighted by Crippen LogP contribution is -2.36. The summed E-state index contributed by atoms with van der Waals surface area (Å²) < 4.78 is 19.1. The van der Waals surface area contributed by atoms with Gasteiger partial charge in [0, 0.05) is 23.0 Å². The molecule has 0 radical (unpaired) electrons. The third-order valence-electron chi connectivity index (χ3n) is 5.50. The number of nitrogens with one attached hydrogen (secondary N) is 1. The number of carbonyl (C=O) groups is 1. The van der Waals surface area contributed by atoms with Gasteiger partial charge in [-0.2, -0.15) is 0 Å². The van der Waals surface area contributed by atoms with Crippen LogP contribution in [0.5, 0.6) is 0 Å². The van der Waals surface area contributed by atoms with Crippen molar-refractivity contribution in [2.45, 2.75) is 18.1 Å². The number of aliphatic hydroxyl groups is 2. The third-order valence-corrected chi connectivity index (χ3v) is 6.12. The van der Waals surface area contributed by atoms with Crippen LogP contribution in [0.4, 0.5) is 9.18 Å². The van der Waals surface area contributed by atoms with Crippen LogP contribution >= 0.6 is 23.2 Å². The van der Waals surface area contributed by atoms with Crippen molar-refractivity contribution >= 4 is 29.3 Å². The van der Waals surface area contributed by atoms with E-state index in [0.29, 0.717) is 0 Å². The van der Waals surface area contributed by atoms with E-state index in [2.05, 4.69) is 5.32 Å². The number of aliphatic hydroxyl groups excluding tert-OH is 2. The van der Waals surface area contributed by atoms with Crippen molar-refractivity contribution in [3.05, 3.63) is 93.2 Å². The number of hydrogen-bond acceptors (Lipinski definition) is 4. The van der Waals surface area contributed by atoms with Crippen LogP contribution in [0.25, 0.3) is 11.1 Å². The Morgan fingerprint density at radius 1 is 1.03 bits per heavy atom. The molecule has 1 amide bonds. The van der Waals surface area contributed by atoms with Crippen molar-refractivity contribution in [3.8, 4) is 11.1 Å². The molecule has 32 heavy (non-hydrogen) atoms. The van der Waals surface area contributed by atoms with Gasteiger partial charge in [-0.1, -0.05) is 71.7 Å². The maximum atomic E-state index is 13.7. The first-order chi connectivity index (χ1) is 15.4. The fraction of sp³-hybridized carbons (Fsp3) is 0.208. The van der Waals surface area contributed by atoms with Crippen molar-refractivity contribution in [3.63, 3.8) is 0 Å². The third kappa shape index (κ3) is 4.45. The second kappa shape index (κ2) is 9.46. The lowest BCUT2D eigenvalue weighted by molar-refractivity contribution is 0.0184. The summed E-state index contributed by atoms with van der Waals surface area (Å²) in [6.45, 7) is -0.216. The Kier molecular flexibility index (Phi) is 6.67. The van der Waals surface area contributed by atoms with Gasteiger partial charge in [0.15, 0.2) is 0 Å². The molecule has 2 unspecified atom stereocenters. The summed E-state index contributed by atoms with van der Waals surface area (Å²) in [4.78, 5) is 12.2. The minimum atomic E-state index is -1.55. The largest absolute Gasteiger partial charge is 0.449 e. The van der Waals surface area contributed by atoms with Crippen molar-refractivity contribution in [2.75, 3.05) is 13.2 Å². The van der Waals surface area contributed by atoms with Crippen molar-refractivity contribution < 1.29 is 24.1 Å². The summed E-state index contributed by atoms with van der Waals surface area (Å²) in [5, 5.41) is 22.6. The van der Waals surface area contributed by atoms with Crippen LogP contribution in [-0.2, 0) is 4.74 Å². The van der Waals surface area contributed by atoms with Gasteiger partial charge in [0.1, 0.15) is 24.6 Å². The topological polar surface area (TPSA) is 78.8 Å². The smallest absolute Gasteiger partial charge is 0.407 e. The number of amides is 1. The van der Waals surface area contributed by atoms with Gasteiger partial charge in [-0.3, -0.25) is 0 Å². The van der Waals surface area contributed by atoms with E-state index in [-0.39, 0.29) is 34.7 Å². The van der Waals surface area contributed by atoms with Crippen LogP contribution in [-0.4, -0.2) is 35.6 Å². The highest BCUT2D eigenvalue weighted by molar-refractivity contribution is 6.33. The summed E-state index contributed by atoms with van der Waals surface area (Å²) >= 11 is 11.6. The SMILES string of the molecule is O=C(NCC(O)C(O)c1cc(Cl)cc(F)c1Cl)OCC1c2ccccc2-c2ccccc21. The number of benzene rings is 3. The lowest BCUT2D eigenvalue weighted by Gasteiger charge is -2.20. The van der Waals surface area contributed by atoms with E-state index in [9.17, 15) is 19.4 Å². The number of carbonyl (C=O) groups excluding carboxylic acids is 1. The van der Waals surface area contributed by atoms with E-state index in [1.54, 1.807) is 0 Å². The van der Waals surface area contributed by atoms with E-state index < -0.39 is 24.1 Å². The molecule has 3 aromatic carbocycles. The Morgan fingerprint density at radius 3 is 2.25 bits per heavy atom. The molecule has 0 bridgehead atoms. The number of fused-ring (bicyclic) bond motifs is 3. The molecule has 2 atom stereocenters. The van der Waals surface area contributed by atoms with Crippen LogP contribution in [0.2, 0.25) is 10.0 Å². The summed E-state index contributed by atoms with van der Waals surface area (Å²) in [5.41, 5.74) is 4.31. The average Bonchev–Trinajstić information content (AvgIpc) is 3.11. The standard InChI is InChI=1S/C24H20Cl2FNO4/c25-13-9-18(22(26)20(27)10-13)23(30)21(29)11-28-24(31)32-12-19-16-7-3-1-5-14(16)15-6-2-4-8-17(15)19/h1-10,19,21,23,29-30H,11-12H2,(H,28,31). The molecule has 0 spiro atoms. The molecule has 0 aliphatic heterocycles. The van der Waals surface area contributed by atoms with Crippen LogP contribution in [0.15, 0.2) is 60.7 Å². The second-order valence-corrected chi connectivity index (χ2v) is 8.32. The molecular formula is C24H20Cl2FNO4. The highest BCUT2D eigenvalue weighted by atomic mass is 35.5. The molecule has 4 rings (SSSR count). The predicted octanol–water partition coefficient (Wildman–Crippen LogP) is 5.07. The number of ether oxygens (including phenoxy) is 1. The molecule has 166 valence electrons. The maximum absolute atomic E-state index is 13.7. The van der Waals surface area contributed by atoms with Crippen molar-refractivity contribution in [2.24, 2.45) is 0 Å². The van der Waals surface area contributed by atoms with Gasteiger partial charge in [-0.15, -0.1) is 0 Å². The molecule has 8 heteroatoms. The predicted molar refractivity (Wildman–Crippen MR) is 120 cm³/mol. The highest BCUT2D eigenvalue weighted by Crippen LogP contribution is 2.44. The number of alkyl carbamates (subject to hydrolysis) is 1. The maximum Gasteiger partial charge on any atom is 0.407 e. The average molecular weight is 476 g/mol. The summed E-state index contributed by atoms with van der Waals surface area (Å²) in [6.07, 6.45) is -3.75. The molecule has 1 aliphatic carbocycles. The monoisotopic (exact) mass is 475 g/mol. The van der Waals surface area contributed by atoms with Crippen molar-refractivity contribution in [1.82, 2.24) is 5.32 Å². The number of hydrogen-bond donors (Lipinski definition) is 3. The first-order valence-corrected chi connectivity index (χ1v) is 10.7. The Bertz CT molecular complexity index is 1110. The van der Waals surface area contributed by atoms with E-state index >= 15 is 0 Å².